The van der Waals surface area contributed by atoms with Crippen LogP contribution in [0.25, 0.3) is 0 Å². The zero-order valence-corrected chi connectivity index (χ0v) is 13.8. The van der Waals surface area contributed by atoms with Gasteiger partial charge in [0.1, 0.15) is 0 Å². The van der Waals surface area contributed by atoms with Gasteiger partial charge in [-0.25, -0.2) is 0 Å². The molecular formula is C18H23N3O2. The van der Waals surface area contributed by atoms with Crippen molar-refractivity contribution >= 4 is 17.3 Å². The van der Waals surface area contributed by atoms with E-state index in [1.165, 1.54) is 6.07 Å². The Labute approximate surface area is 136 Å². The third kappa shape index (κ3) is 4.71. The predicted octanol–water partition coefficient (Wildman–Crippen LogP) is 2.79. The number of hydrogen-bond donors (Lipinski definition) is 2. The summed E-state index contributed by atoms with van der Waals surface area (Å²) in [6.07, 6.45) is 1.79. The Bertz CT molecular complexity index is 684. The van der Waals surface area contributed by atoms with Gasteiger partial charge >= 0.3 is 0 Å². The smallest absolute Gasteiger partial charge is 0.247 e. The minimum atomic E-state index is -0.171. The van der Waals surface area contributed by atoms with E-state index in [2.05, 4.69) is 36.0 Å². The van der Waals surface area contributed by atoms with Crippen LogP contribution >= 0.6 is 0 Å². The molecule has 0 aliphatic rings. The molecule has 1 heterocycles. The third-order valence-corrected chi connectivity index (χ3v) is 3.66. The van der Waals surface area contributed by atoms with Gasteiger partial charge in [-0.1, -0.05) is 6.07 Å². The Morgan fingerprint density at radius 2 is 1.87 bits per heavy atom. The first-order valence-corrected chi connectivity index (χ1v) is 7.83. The Kier molecular flexibility index (Phi) is 5.57. The van der Waals surface area contributed by atoms with Crippen LogP contribution in [0.5, 0.6) is 0 Å². The van der Waals surface area contributed by atoms with Crippen molar-refractivity contribution in [3.8, 4) is 0 Å². The van der Waals surface area contributed by atoms with Crippen LogP contribution in [-0.2, 0) is 11.2 Å². The van der Waals surface area contributed by atoms with Crippen LogP contribution in [0.3, 0.4) is 0 Å². The molecule has 0 saturated heterocycles. The van der Waals surface area contributed by atoms with Crippen LogP contribution in [0.15, 0.2) is 47.4 Å². The van der Waals surface area contributed by atoms with Gasteiger partial charge in [-0.05, 0) is 50.6 Å². The maximum absolute atomic E-state index is 12.0. The second-order valence-corrected chi connectivity index (χ2v) is 5.71. The van der Waals surface area contributed by atoms with E-state index in [-0.39, 0.29) is 17.9 Å². The first-order chi connectivity index (χ1) is 11.0. The van der Waals surface area contributed by atoms with E-state index in [0.29, 0.717) is 6.04 Å². The summed E-state index contributed by atoms with van der Waals surface area (Å²) in [5.41, 5.74) is 2.51. The second kappa shape index (κ2) is 7.63. The number of nitrogens with one attached hydrogen (secondary N) is 2. The van der Waals surface area contributed by atoms with Crippen molar-refractivity contribution in [2.45, 2.75) is 33.2 Å². The van der Waals surface area contributed by atoms with Crippen molar-refractivity contribution in [2.24, 2.45) is 0 Å². The number of pyridine rings is 1. The molecule has 0 saturated carbocycles. The summed E-state index contributed by atoms with van der Waals surface area (Å²) < 4.78 is 0. The number of aromatic nitrogens is 1. The average molecular weight is 313 g/mol. The molecule has 2 aromatic rings. The van der Waals surface area contributed by atoms with Gasteiger partial charge in [0, 0.05) is 36.2 Å². The van der Waals surface area contributed by atoms with Gasteiger partial charge in [-0.15, -0.1) is 0 Å². The zero-order valence-electron chi connectivity index (χ0n) is 13.8. The molecule has 1 aromatic carbocycles. The maximum Gasteiger partial charge on any atom is 0.247 e. The number of H-pyrrole nitrogens is 1. The largest absolute Gasteiger partial charge is 0.369 e. The normalized spacial score (nSPS) is 10.6. The van der Waals surface area contributed by atoms with Gasteiger partial charge in [-0.2, -0.15) is 0 Å². The number of amides is 1. The molecule has 0 bridgehead atoms. The fourth-order valence-corrected chi connectivity index (χ4v) is 2.53. The van der Waals surface area contributed by atoms with Crippen LogP contribution < -0.4 is 15.8 Å². The highest BCUT2D eigenvalue weighted by molar-refractivity contribution is 5.92. The fraction of sp³-hybridized carbons (Fsp3) is 0.333. The highest BCUT2D eigenvalue weighted by Crippen LogP contribution is 2.20. The topological polar surface area (TPSA) is 65.2 Å². The van der Waals surface area contributed by atoms with Crippen molar-refractivity contribution in [2.75, 3.05) is 16.8 Å². The van der Waals surface area contributed by atoms with Crippen molar-refractivity contribution < 1.29 is 4.79 Å². The number of anilines is 2. The van der Waals surface area contributed by atoms with Gasteiger partial charge in [0.05, 0.1) is 6.42 Å². The summed E-state index contributed by atoms with van der Waals surface area (Å²) in [6, 6.07) is 11.3. The molecule has 0 atom stereocenters. The molecule has 2 N–H and O–H groups in total. The Morgan fingerprint density at radius 1 is 1.17 bits per heavy atom. The number of hydrogen-bond acceptors (Lipinski definition) is 3. The number of benzene rings is 1. The maximum atomic E-state index is 12.0. The van der Waals surface area contributed by atoms with Crippen LogP contribution in [-0.4, -0.2) is 23.5 Å². The molecule has 1 aromatic heterocycles. The Morgan fingerprint density at radius 3 is 2.39 bits per heavy atom. The van der Waals surface area contributed by atoms with E-state index in [1.807, 2.05) is 24.3 Å². The van der Waals surface area contributed by atoms with E-state index in [1.54, 1.807) is 12.3 Å². The van der Waals surface area contributed by atoms with Crippen molar-refractivity contribution in [3.63, 3.8) is 0 Å². The molecule has 1 amide bonds. The quantitative estimate of drug-likeness (QED) is 0.862. The molecule has 23 heavy (non-hydrogen) atoms. The summed E-state index contributed by atoms with van der Waals surface area (Å²) in [5, 5.41) is 2.87. The lowest BCUT2D eigenvalue weighted by Gasteiger charge is -2.27. The summed E-state index contributed by atoms with van der Waals surface area (Å²) in [6.45, 7) is 7.38. The van der Waals surface area contributed by atoms with E-state index in [9.17, 15) is 9.59 Å². The average Bonchev–Trinajstić information content (AvgIpc) is 2.51. The summed E-state index contributed by atoms with van der Waals surface area (Å²) >= 11 is 0. The third-order valence-electron chi connectivity index (χ3n) is 3.66. The van der Waals surface area contributed by atoms with Crippen LogP contribution in [0.4, 0.5) is 11.4 Å². The summed E-state index contributed by atoms with van der Waals surface area (Å²) in [5.74, 6) is -0.110. The Balaban J connectivity index is 1.98. The zero-order chi connectivity index (χ0) is 16.8. The molecule has 0 radical (unpaired) electrons. The van der Waals surface area contributed by atoms with Gasteiger partial charge in [0.2, 0.25) is 11.5 Å². The monoisotopic (exact) mass is 313 g/mol. The van der Waals surface area contributed by atoms with E-state index < -0.39 is 0 Å². The highest BCUT2D eigenvalue weighted by atomic mass is 16.1. The number of carbonyl (C=O) groups excluding carboxylic acids is 1. The molecular weight excluding hydrogens is 290 g/mol. The second-order valence-electron chi connectivity index (χ2n) is 5.71. The molecule has 0 unspecified atom stereocenters. The lowest BCUT2D eigenvalue weighted by Crippen LogP contribution is -2.30. The van der Waals surface area contributed by atoms with E-state index >= 15 is 0 Å². The number of aromatic amines is 1. The van der Waals surface area contributed by atoms with Crippen LogP contribution in [0, 0.1) is 0 Å². The van der Waals surface area contributed by atoms with Crippen LogP contribution in [0.1, 0.15) is 26.3 Å². The molecule has 5 nitrogen and oxygen atoms in total. The number of rotatable bonds is 6. The first-order valence-electron chi connectivity index (χ1n) is 7.83. The molecule has 2 rings (SSSR count). The SMILES string of the molecule is CCN(c1ccc(NC(=O)Cc2ccc(=O)[nH]c2)cc1)C(C)C. The fourth-order valence-electron chi connectivity index (χ4n) is 2.53. The van der Waals surface area contributed by atoms with E-state index in [4.69, 9.17) is 0 Å². The van der Waals surface area contributed by atoms with Gasteiger partial charge in [-0.3, -0.25) is 9.59 Å². The summed E-state index contributed by atoms with van der Waals surface area (Å²) in [7, 11) is 0. The van der Waals surface area contributed by atoms with E-state index in [0.717, 1.165) is 23.5 Å². The van der Waals surface area contributed by atoms with Gasteiger partial charge in [0.25, 0.3) is 0 Å². The summed E-state index contributed by atoms with van der Waals surface area (Å²) in [4.78, 5) is 27.9. The highest BCUT2D eigenvalue weighted by Gasteiger charge is 2.09. The van der Waals surface area contributed by atoms with Crippen LogP contribution in [0.2, 0.25) is 0 Å². The minimum Gasteiger partial charge on any atom is -0.369 e. The molecule has 0 aliphatic heterocycles. The molecule has 0 fully saturated rings. The molecule has 122 valence electrons. The standard InChI is InChI=1S/C18H23N3O2/c1-4-21(13(2)3)16-8-6-15(7-9-16)20-18(23)11-14-5-10-17(22)19-12-14/h5-10,12-13H,4,11H2,1-3H3,(H,19,22)(H,20,23). The first kappa shape index (κ1) is 16.8. The van der Waals surface area contributed by atoms with Gasteiger partial charge in [0.15, 0.2) is 0 Å². The van der Waals surface area contributed by atoms with Crippen molar-refractivity contribution in [1.82, 2.24) is 4.98 Å². The number of carbonyl (C=O) groups is 1. The number of nitrogens with zero attached hydrogens (tertiary/aromatic N) is 1. The van der Waals surface area contributed by atoms with Gasteiger partial charge < -0.3 is 15.2 Å². The lowest BCUT2D eigenvalue weighted by molar-refractivity contribution is -0.115. The minimum absolute atomic E-state index is 0.110. The Hall–Kier alpha value is -2.56. The molecule has 0 aliphatic carbocycles. The molecule has 5 heteroatoms. The van der Waals surface area contributed by atoms with Crippen molar-refractivity contribution in [3.05, 3.63) is 58.5 Å². The van der Waals surface area contributed by atoms with Crippen molar-refractivity contribution in [1.29, 1.82) is 0 Å². The predicted molar refractivity (Wildman–Crippen MR) is 94.0 cm³/mol. The lowest BCUT2D eigenvalue weighted by atomic mass is 10.2. The molecule has 0 spiro atoms.